The number of rotatable bonds is 4. The lowest BCUT2D eigenvalue weighted by Gasteiger charge is -2.07. The van der Waals surface area contributed by atoms with E-state index in [-0.39, 0.29) is 5.75 Å². The van der Waals surface area contributed by atoms with Gasteiger partial charge in [-0.05, 0) is 36.8 Å². The maximum atomic E-state index is 9.65. The zero-order chi connectivity index (χ0) is 13.0. The Kier molecular flexibility index (Phi) is 4.18. The molecule has 1 heterocycles. The molecule has 18 heavy (non-hydrogen) atoms. The third-order valence-corrected chi connectivity index (χ3v) is 2.88. The van der Waals surface area contributed by atoms with Crippen molar-refractivity contribution in [2.75, 3.05) is 0 Å². The maximum absolute atomic E-state index is 9.65. The molecule has 1 aromatic carbocycles. The molecule has 2 rings (SSSR count). The van der Waals surface area contributed by atoms with Crippen molar-refractivity contribution in [3.8, 4) is 5.75 Å². The van der Waals surface area contributed by atoms with Crippen molar-refractivity contribution < 1.29 is 5.11 Å². The van der Waals surface area contributed by atoms with E-state index < -0.39 is 0 Å². The van der Waals surface area contributed by atoms with Gasteiger partial charge in [-0.2, -0.15) is 0 Å². The van der Waals surface area contributed by atoms with E-state index in [9.17, 15) is 5.11 Å². The second-order valence-electron chi connectivity index (χ2n) is 4.15. The molecule has 0 aliphatic rings. The van der Waals surface area contributed by atoms with Crippen LogP contribution in [0.3, 0.4) is 0 Å². The zero-order valence-corrected chi connectivity index (χ0v) is 10.9. The number of pyridine rings is 1. The van der Waals surface area contributed by atoms with Gasteiger partial charge in [0.25, 0.3) is 0 Å². The quantitative estimate of drug-likeness (QED) is 0.890. The number of halogens is 1. The van der Waals surface area contributed by atoms with Crippen molar-refractivity contribution in [1.29, 1.82) is 0 Å². The minimum atomic E-state index is 0.226. The number of aryl methyl sites for hydroxylation is 1. The van der Waals surface area contributed by atoms with E-state index in [0.29, 0.717) is 18.8 Å². The summed E-state index contributed by atoms with van der Waals surface area (Å²) in [5.74, 6) is 0.226. The zero-order valence-electron chi connectivity index (χ0n) is 10.2. The average Bonchev–Trinajstić information content (AvgIpc) is 2.36. The van der Waals surface area contributed by atoms with Gasteiger partial charge in [-0.1, -0.05) is 23.7 Å². The average molecular weight is 263 g/mol. The molecule has 2 aromatic rings. The highest BCUT2D eigenvalue weighted by molar-refractivity contribution is 6.30. The standard InChI is InChI=1S/C14H15ClN2O/c1-10-2-7-14(18)13(17-10)9-16-8-11-3-5-12(15)6-4-11/h2-7,16,18H,8-9H2,1H3. The number of aromatic hydroxyl groups is 1. The van der Waals surface area contributed by atoms with Gasteiger partial charge in [-0.25, -0.2) is 0 Å². The highest BCUT2D eigenvalue weighted by Gasteiger charge is 2.02. The van der Waals surface area contributed by atoms with E-state index in [1.165, 1.54) is 0 Å². The number of hydrogen-bond acceptors (Lipinski definition) is 3. The second kappa shape index (κ2) is 5.85. The first-order valence-corrected chi connectivity index (χ1v) is 6.13. The van der Waals surface area contributed by atoms with Crippen LogP contribution in [0.4, 0.5) is 0 Å². The third-order valence-electron chi connectivity index (χ3n) is 2.62. The first kappa shape index (κ1) is 12.9. The van der Waals surface area contributed by atoms with E-state index in [4.69, 9.17) is 11.6 Å². The fourth-order valence-corrected chi connectivity index (χ4v) is 1.79. The summed E-state index contributed by atoms with van der Waals surface area (Å²) >= 11 is 5.82. The summed E-state index contributed by atoms with van der Waals surface area (Å²) in [7, 11) is 0. The van der Waals surface area contributed by atoms with Crippen LogP contribution < -0.4 is 5.32 Å². The molecule has 0 amide bonds. The lowest BCUT2D eigenvalue weighted by atomic mass is 10.2. The van der Waals surface area contributed by atoms with E-state index in [2.05, 4.69) is 10.3 Å². The van der Waals surface area contributed by atoms with Gasteiger partial charge in [0.1, 0.15) is 5.75 Å². The van der Waals surface area contributed by atoms with Crippen LogP contribution in [-0.2, 0) is 13.1 Å². The van der Waals surface area contributed by atoms with Gasteiger partial charge in [0.2, 0.25) is 0 Å². The van der Waals surface area contributed by atoms with E-state index >= 15 is 0 Å². The molecule has 0 radical (unpaired) electrons. The molecule has 0 aliphatic heterocycles. The Morgan fingerprint density at radius 2 is 1.83 bits per heavy atom. The molecule has 0 aliphatic carbocycles. The van der Waals surface area contributed by atoms with Crippen molar-refractivity contribution in [3.05, 3.63) is 58.4 Å². The second-order valence-corrected chi connectivity index (χ2v) is 4.58. The summed E-state index contributed by atoms with van der Waals surface area (Å²) in [5, 5.41) is 13.6. The molecule has 0 saturated heterocycles. The summed E-state index contributed by atoms with van der Waals surface area (Å²) in [6.45, 7) is 3.16. The first-order chi connectivity index (χ1) is 8.65. The van der Waals surface area contributed by atoms with Gasteiger partial charge in [-0.15, -0.1) is 0 Å². The Morgan fingerprint density at radius 3 is 2.56 bits per heavy atom. The van der Waals surface area contributed by atoms with Gasteiger partial charge < -0.3 is 10.4 Å². The van der Waals surface area contributed by atoms with Crippen LogP contribution in [0.5, 0.6) is 5.75 Å². The van der Waals surface area contributed by atoms with Crippen LogP contribution in [-0.4, -0.2) is 10.1 Å². The normalized spacial score (nSPS) is 10.6. The lowest BCUT2D eigenvalue weighted by molar-refractivity contribution is 0.459. The molecule has 4 heteroatoms. The van der Waals surface area contributed by atoms with E-state index in [1.54, 1.807) is 12.1 Å². The monoisotopic (exact) mass is 262 g/mol. The number of hydrogen-bond donors (Lipinski definition) is 2. The summed E-state index contributed by atoms with van der Waals surface area (Å²) in [6.07, 6.45) is 0. The largest absolute Gasteiger partial charge is 0.506 e. The van der Waals surface area contributed by atoms with Crippen molar-refractivity contribution >= 4 is 11.6 Å². The molecule has 0 spiro atoms. The number of nitrogens with one attached hydrogen (secondary N) is 1. The Labute approximate surface area is 111 Å². The van der Waals surface area contributed by atoms with Gasteiger partial charge in [0, 0.05) is 23.8 Å². The maximum Gasteiger partial charge on any atom is 0.138 e. The predicted molar refractivity (Wildman–Crippen MR) is 72.6 cm³/mol. The highest BCUT2D eigenvalue weighted by atomic mass is 35.5. The van der Waals surface area contributed by atoms with Crippen molar-refractivity contribution in [2.45, 2.75) is 20.0 Å². The van der Waals surface area contributed by atoms with Crippen LogP contribution in [0.15, 0.2) is 36.4 Å². The van der Waals surface area contributed by atoms with Crippen LogP contribution in [0.25, 0.3) is 0 Å². The highest BCUT2D eigenvalue weighted by Crippen LogP contribution is 2.14. The summed E-state index contributed by atoms with van der Waals surface area (Å²) in [6, 6.07) is 11.1. The van der Waals surface area contributed by atoms with Gasteiger partial charge in [0.05, 0.1) is 5.69 Å². The van der Waals surface area contributed by atoms with Gasteiger partial charge >= 0.3 is 0 Å². The third kappa shape index (κ3) is 3.45. The minimum Gasteiger partial charge on any atom is -0.506 e. The summed E-state index contributed by atoms with van der Waals surface area (Å²) < 4.78 is 0. The summed E-state index contributed by atoms with van der Waals surface area (Å²) in [4.78, 5) is 4.28. The molecule has 3 nitrogen and oxygen atoms in total. The predicted octanol–water partition coefficient (Wildman–Crippen LogP) is 3.04. The molecule has 94 valence electrons. The molecule has 0 fully saturated rings. The molecule has 1 aromatic heterocycles. The van der Waals surface area contributed by atoms with Crippen molar-refractivity contribution in [2.24, 2.45) is 0 Å². The fourth-order valence-electron chi connectivity index (χ4n) is 1.66. The Morgan fingerprint density at radius 1 is 1.11 bits per heavy atom. The number of nitrogens with zero attached hydrogens (tertiary/aromatic N) is 1. The molecule has 0 atom stereocenters. The molecule has 2 N–H and O–H groups in total. The number of benzene rings is 1. The molecular formula is C14H15ClN2O. The topological polar surface area (TPSA) is 45.1 Å². The van der Waals surface area contributed by atoms with Gasteiger partial charge in [0.15, 0.2) is 0 Å². The molecule has 0 unspecified atom stereocenters. The summed E-state index contributed by atoms with van der Waals surface area (Å²) in [5.41, 5.74) is 2.71. The Balaban J connectivity index is 1.92. The van der Waals surface area contributed by atoms with Crippen LogP contribution in [0, 0.1) is 6.92 Å². The van der Waals surface area contributed by atoms with Crippen molar-refractivity contribution in [1.82, 2.24) is 10.3 Å². The SMILES string of the molecule is Cc1ccc(O)c(CNCc2ccc(Cl)cc2)n1. The van der Waals surface area contributed by atoms with E-state index in [1.807, 2.05) is 31.2 Å². The van der Waals surface area contributed by atoms with Crippen LogP contribution >= 0.6 is 11.6 Å². The lowest BCUT2D eigenvalue weighted by Crippen LogP contribution is -2.14. The molecule has 0 saturated carbocycles. The fraction of sp³-hybridized carbons (Fsp3) is 0.214. The molecule has 0 bridgehead atoms. The van der Waals surface area contributed by atoms with Crippen LogP contribution in [0.2, 0.25) is 5.02 Å². The Hall–Kier alpha value is -1.58. The Bertz CT molecular complexity index is 526. The first-order valence-electron chi connectivity index (χ1n) is 5.76. The smallest absolute Gasteiger partial charge is 0.138 e. The van der Waals surface area contributed by atoms with Crippen LogP contribution in [0.1, 0.15) is 17.0 Å². The van der Waals surface area contributed by atoms with Gasteiger partial charge in [-0.3, -0.25) is 4.98 Å². The number of aromatic nitrogens is 1. The van der Waals surface area contributed by atoms with E-state index in [0.717, 1.165) is 16.3 Å². The molecular weight excluding hydrogens is 248 g/mol. The minimum absolute atomic E-state index is 0.226. The van der Waals surface area contributed by atoms with Crippen molar-refractivity contribution in [3.63, 3.8) is 0 Å².